The molecule has 0 spiro atoms. The Morgan fingerprint density at radius 3 is 2.65 bits per heavy atom. The molecule has 0 amide bonds. The molecular weight excluding hydrogens is 313 g/mol. The molecule has 3 rings (SSSR count). The Bertz CT molecular complexity index is 753. The van der Waals surface area contributed by atoms with Crippen molar-refractivity contribution in [2.75, 3.05) is 6.26 Å². The highest BCUT2D eigenvalue weighted by atomic mass is 35.5. The summed E-state index contributed by atoms with van der Waals surface area (Å²) in [6.45, 7) is 0. The molecule has 2 heterocycles. The van der Waals surface area contributed by atoms with Gasteiger partial charge in [0.1, 0.15) is 11.5 Å². The molecule has 0 radical (unpaired) electrons. The molecule has 6 heteroatoms. The molecule has 0 aliphatic carbocycles. The Morgan fingerprint density at radius 2 is 1.95 bits per heavy atom. The first-order valence-corrected chi connectivity index (χ1v) is 7.96. The summed E-state index contributed by atoms with van der Waals surface area (Å²) in [5.41, 5.74) is 2.68. The molecule has 0 aliphatic heterocycles. The van der Waals surface area contributed by atoms with Gasteiger partial charge in [0.05, 0.1) is 5.02 Å². The minimum absolute atomic E-state index is 0.513. The third-order valence-electron chi connectivity index (χ3n) is 3.09. The summed E-state index contributed by atoms with van der Waals surface area (Å²) < 4.78 is 1.60. The van der Waals surface area contributed by atoms with Crippen molar-refractivity contribution >= 4 is 40.6 Å². The van der Waals surface area contributed by atoms with Gasteiger partial charge >= 0.3 is 0 Å². The zero-order valence-electron chi connectivity index (χ0n) is 10.7. The molecule has 0 saturated carbocycles. The van der Waals surface area contributed by atoms with E-state index in [2.05, 4.69) is 40.6 Å². The predicted molar refractivity (Wildman–Crippen MR) is 84.0 cm³/mol. The molecule has 0 bridgehead atoms. The van der Waals surface area contributed by atoms with Crippen molar-refractivity contribution in [3.8, 4) is 0 Å². The monoisotopic (exact) mass is 323 g/mol. The lowest BCUT2D eigenvalue weighted by atomic mass is 10.1. The summed E-state index contributed by atoms with van der Waals surface area (Å²) in [5.74, 6) is 0. The van der Waals surface area contributed by atoms with Crippen LogP contribution in [0, 0.1) is 0 Å². The average molecular weight is 324 g/mol. The van der Waals surface area contributed by atoms with Crippen molar-refractivity contribution < 1.29 is 0 Å². The minimum atomic E-state index is 0.513. The van der Waals surface area contributed by atoms with Crippen molar-refractivity contribution in [3.63, 3.8) is 0 Å². The van der Waals surface area contributed by atoms with E-state index in [0.717, 1.165) is 11.1 Å². The maximum Gasteiger partial charge on any atom is 0.158 e. The van der Waals surface area contributed by atoms with Crippen LogP contribution in [0.4, 0.5) is 0 Å². The standard InChI is InChI=1S/C14H11Cl2N3S/c1-20-10-4-2-9(3-5-10)6-11-12(15)7-13-17-8-18-19(13)14(11)16/h2-5,7-8H,6H2,1H3. The third kappa shape index (κ3) is 2.51. The molecule has 3 aromatic rings. The van der Waals surface area contributed by atoms with E-state index in [-0.39, 0.29) is 0 Å². The number of pyridine rings is 1. The van der Waals surface area contributed by atoms with Crippen LogP contribution in [0.5, 0.6) is 0 Å². The zero-order valence-corrected chi connectivity index (χ0v) is 13.0. The third-order valence-corrected chi connectivity index (χ3v) is 4.56. The summed E-state index contributed by atoms with van der Waals surface area (Å²) in [6.07, 6.45) is 4.19. The highest BCUT2D eigenvalue weighted by Gasteiger charge is 2.12. The molecule has 0 atom stereocenters. The van der Waals surface area contributed by atoms with Crippen LogP contribution in [0.3, 0.4) is 0 Å². The number of hydrogen-bond donors (Lipinski definition) is 0. The SMILES string of the molecule is CSc1ccc(Cc2c(Cl)cc3ncnn3c2Cl)cc1. The largest absolute Gasteiger partial charge is 0.215 e. The number of aromatic nitrogens is 3. The number of halogens is 2. The van der Waals surface area contributed by atoms with E-state index in [9.17, 15) is 0 Å². The molecule has 2 aromatic heterocycles. The minimum Gasteiger partial charge on any atom is -0.215 e. The van der Waals surface area contributed by atoms with E-state index in [4.69, 9.17) is 23.2 Å². The molecule has 0 aliphatic rings. The van der Waals surface area contributed by atoms with E-state index < -0.39 is 0 Å². The molecular formula is C14H11Cl2N3S. The van der Waals surface area contributed by atoms with E-state index >= 15 is 0 Å². The van der Waals surface area contributed by atoms with Crippen LogP contribution in [-0.2, 0) is 6.42 Å². The van der Waals surface area contributed by atoms with E-state index in [1.807, 2.05) is 0 Å². The fraction of sp³-hybridized carbons (Fsp3) is 0.143. The number of benzene rings is 1. The first kappa shape index (κ1) is 13.7. The molecule has 0 unspecified atom stereocenters. The van der Waals surface area contributed by atoms with Crippen LogP contribution in [0.25, 0.3) is 5.65 Å². The highest BCUT2D eigenvalue weighted by Crippen LogP contribution is 2.28. The second-order valence-corrected chi connectivity index (χ2v) is 5.96. The topological polar surface area (TPSA) is 30.2 Å². The van der Waals surface area contributed by atoms with Crippen molar-refractivity contribution in [3.05, 3.63) is 58.0 Å². The second-order valence-electron chi connectivity index (χ2n) is 4.32. The van der Waals surface area contributed by atoms with Gasteiger partial charge in [0, 0.05) is 22.9 Å². The van der Waals surface area contributed by atoms with Gasteiger partial charge in [0.25, 0.3) is 0 Å². The summed E-state index contributed by atoms with van der Waals surface area (Å²) >= 11 is 14.4. The van der Waals surface area contributed by atoms with Gasteiger partial charge in [-0.05, 0) is 24.0 Å². The summed E-state index contributed by atoms with van der Waals surface area (Å²) in [6, 6.07) is 10.1. The Hall–Kier alpha value is -1.23. The number of nitrogens with zero attached hydrogens (tertiary/aromatic N) is 3. The Balaban J connectivity index is 2.00. The number of fused-ring (bicyclic) bond motifs is 1. The van der Waals surface area contributed by atoms with Gasteiger partial charge in [-0.1, -0.05) is 35.3 Å². The van der Waals surface area contributed by atoms with E-state index in [0.29, 0.717) is 22.2 Å². The predicted octanol–water partition coefficient (Wildman–Crippen LogP) is 4.35. The zero-order chi connectivity index (χ0) is 14.1. The van der Waals surface area contributed by atoms with Crippen molar-refractivity contribution in [2.45, 2.75) is 11.3 Å². The molecule has 3 nitrogen and oxygen atoms in total. The van der Waals surface area contributed by atoms with E-state index in [1.54, 1.807) is 22.3 Å². The summed E-state index contributed by atoms with van der Waals surface area (Å²) in [5, 5.41) is 5.23. The Kier molecular flexibility index (Phi) is 3.87. The number of hydrogen-bond acceptors (Lipinski definition) is 3. The first-order valence-electron chi connectivity index (χ1n) is 5.98. The molecule has 20 heavy (non-hydrogen) atoms. The lowest BCUT2D eigenvalue weighted by molar-refractivity contribution is 0.942. The normalized spacial score (nSPS) is 11.2. The smallest absolute Gasteiger partial charge is 0.158 e. The van der Waals surface area contributed by atoms with Crippen LogP contribution in [0.1, 0.15) is 11.1 Å². The second kappa shape index (κ2) is 5.64. The van der Waals surface area contributed by atoms with Gasteiger partial charge < -0.3 is 0 Å². The van der Waals surface area contributed by atoms with Gasteiger partial charge in [-0.3, -0.25) is 0 Å². The number of thioether (sulfide) groups is 1. The van der Waals surface area contributed by atoms with Crippen LogP contribution in [-0.4, -0.2) is 20.9 Å². The lowest BCUT2D eigenvalue weighted by Crippen LogP contribution is -1.98. The lowest BCUT2D eigenvalue weighted by Gasteiger charge is -2.09. The first-order chi connectivity index (χ1) is 9.69. The van der Waals surface area contributed by atoms with Crippen LogP contribution in [0.2, 0.25) is 10.2 Å². The van der Waals surface area contributed by atoms with Crippen molar-refractivity contribution in [1.29, 1.82) is 0 Å². The molecule has 0 fully saturated rings. The van der Waals surface area contributed by atoms with Gasteiger partial charge in [0.15, 0.2) is 5.65 Å². The molecule has 0 saturated heterocycles. The quantitative estimate of drug-likeness (QED) is 0.530. The van der Waals surface area contributed by atoms with Gasteiger partial charge in [-0.25, -0.2) is 9.50 Å². The van der Waals surface area contributed by atoms with Crippen LogP contribution < -0.4 is 0 Å². The molecule has 102 valence electrons. The fourth-order valence-corrected chi connectivity index (χ4v) is 3.04. The average Bonchev–Trinajstić information content (AvgIpc) is 2.92. The Labute approximate surface area is 130 Å². The van der Waals surface area contributed by atoms with Crippen molar-refractivity contribution in [1.82, 2.24) is 14.6 Å². The number of rotatable bonds is 3. The van der Waals surface area contributed by atoms with Crippen molar-refractivity contribution in [2.24, 2.45) is 0 Å². The molecule has 1 aromatic carbocycles. The van der Waals surface area contributed by atoms with Gasteiger partial charge in [-0.2, -0.15) is 5.10 Å². The van der Waals surface area contributed by atoms with E-state index in [1.165, 1.54) is 11.2 Å². The van der Waals surface area contributed by atoms with Gasteiger partial charge in [0.2, 0.25) is 0 Å². The summed E-state index contributed by atoms with van der Waals surface area (Å²) in [7, 11) is 0. The maximum atomic E-state index is 6.37. The molecule has 0 N–H and O–H groups in total. The van der Waals surface area contributed by atoms with Gasteiger partial charge in [-0.15, -0.1) is 11.8 Å². The fourth-order valence-electron chi connectivity index (χ4n) is 2.03. The van der Waals surface area contributed by atoms with Crippen LogP contribution in [0.15, 0.2) is 41.6 Å². The Morgan fingerprint density at radius 1 is 1.20 bits per heavy atom. The van der Waals surface area contributed by atoms with Crippen LogP contribution >= 0.6 is 35.0 Å². The maximum absolute atomic E-state index is 6.37. The summed E-state index contributed by atoms with van der Waals surface area (Å²) in [4.78, 5) is 5.33. The highest BCUT2D eigenvalue weighted by molar-refractivity contribution is 7.98.